The average Bonchev–Trinajstić information content (AvgIpc) is 2.93. The lowest BCUT2D eigenvalue weighted by molar-refractivity contribution is 0.128. The predicted molar refractivity (Wildman–Crippen MR) is 105 cm³/mol. The van der Waals surface area contributed by atoms with Crippen molar-refractivity contribution in [3.05, 3.63) is 17.6 Å². The molecule has 2 aromatic rings. The minimum Gasteiger partial charge on any atom is -0.384 e. The Morgan fingerprint density at radius 3 is 2.78 bits per heavy atom. The van der Waals surface area contributed by atoms with Crippen molar-refractivity contribution in [1.82, 2.24) is 25.2 Å². The predicted octanol–water partition coefficient (Wildman–Crippen LogP) is 1.24. The van der Waals surface area contributed by atoms with Crippen molar-refractivity contribution in [2.75, 3.05) is 39.2 Å². The van der Waals surface area contributed by atoms with Crippen LogP contribution in [0.25, 0.3) is 11.0 Å². The zero-order valence-electron chi connectivity index (χ0n) is 16.5. The molecule has 0 bridgehead atoms. The molecule has 9 heteroatoms. The average molecular weight is 378 g/mol. The van der Waals surface area contributed by atoms with Crippen LogP contribution in [0.2, 0.25) is 0 Å². The minimum atomic E-state index is -0.186. The zero-order chi connectivity index (χ0) is 19.8. The molecule has 0 saturated carbocycles. The molecule has 0 aliphatic rings. The molecular weight excluding hydrogens is 348 g/mol. The number of fused-ring (bicyclic) bond motifs is 1. The molecule has 150 valence electrons. The number of nitrogen functional groups attached to an aromatic ring is 1. The molecule has 0 saturated heterocycles. The third-order valence-corrected chi connectivity index (χ3v) is 3.91. The van der Waals surface area contributed by atoms with Gasteiger partial charge in [0, 0.05) is 38.4 Å². The van der Waals surface area contributed by atoms with Gasteiger partial charge in [-0.05, 0) is 26.8 Å². The van der Waals surface area contributed by atoms with E-state index in [1.807, 2.05) is 26.8 Å². The fourth-order valence-corrected chi connectivity index (χ4v) is 2.76. The van der Waals surface area contributed by atoms with Gasteiger partial charge in [0.25, 0.3) is 0 Å². The molecular formula is C18H30N6O3. The lowest BCUT2D eigenvalue weighted by Crippen LogP contribution is -2.40. The van der Waals surface area contributed by atoms with Crippen LogP contribution < -0.4 is 16.4 Å². The lowest BCUT2D eigenvalue weighted by Gasteiger charge is -2.12. The van der Waals surface area contributed by atoms with Crippen LogP contribution in [0.5, 0.6) is 0 Å². The van der Waals surface area contributed by atoms with E-state index in [9.17, 15) is 4.79 Å². The quantitative estimate of drug-likeness (QED) is 0.536. The summed E-state index contributed by atoms with van der Waals surface area (Å²) in [5.74, 6) is 1.33. The number of carbonyl (C=O) groups excluding carboxylic acids is 1. The number of urea groups is 1. The molecule has 2 amide bonds. The van der Waals surface area contributed by atoms with Crippen molar-refractivity contribution in [2.24, 2.45) is 0 Å². The van der Waals surface area contributed by atoms with Gasteiger partial charge in [-0.1, -0.05) is 0 Å². The van der Waals surface area contributed by atoms with Crippen molar-refractivity contribution >= 4 is 22.9 Å². The van der Waals surface area contributed by atoms with Gasteiger partial charge in [0.05, 0.1) is 25.3 Å². The van der Waals surface area contributed by atoms with Gasteiger partial charge in [0.1, 0.15) is 11.3 Å². The van der Waals surface area contributed by atoms with Gasteiger partial charge in [-0.3, -0.25) is 0 Å². The van der Waals surface area contributed by atoms with E-state index in [1.165, 1.54) is 0 Å². The first-order chi connectivity index (χ1) is 12.9. The molecule has 0 unspecified atom stereocenters. The first kappa shape index (κ1) is 20.9. The summed E-state index contributed by atoms with van der Waals surface area (Å²) in [6.45, 7) is 8.34. The number of nitrogens with two attached hydrogens (primary N) is 1. The second-order valence-corrected chi connectivity index (χ2v) is 6.61. The number of rotatable bonds is 10. The number of nitrogens with one attached hydrogen (secondary N) is 2. The summed E-state index contributed by atoms with van der Waals surface area (Å²) in [4.78, 5) is 20.4. The van der Waals surface area contributed by atoms with E-state index in [1.54, 1.807) is 7.11 Å². The largest absolute Gasteiger partial charge is 0.384 e. The van der Waals surface area contributed by atoms with Crippen molar-refractivity contribution in [2.45, 2.75) is 39.8 Å². The van der Waals surface area contributed by atoms with E-state index in [-0.39, 0.29) is 12.1 Å². The Morgan fingerprint density at radius 2 is 2.07 bits per heavy atom. The Morgan fingerprint density at radius 1 is 1.30 bits per heavy atom. The van der Waals surface area contributed by atoms with E-state index in [4.69, 9.17) is 15.2 Å². The molecule has 0 aliphatic carbocycles. The maximum absolute atomic E-state index is 11.5. The number of aryl methyl sites for hydroxylation is 1. The summed E-state index contributed by atoms with van der Waals surface area (Å²) in [6, 6.07) is 1.90. The van der Waals surface area contributed by atoms with Crippen LogP contribution in [0.4, 0.5) is 10.6 Å². The highest BCUT2D eigenvalue weighted by Crippen LogP contribution is 2.22. The number of ether oxygens (including phenoxy) is 2. The van der Waals surface area contributed by atoms with Crippen LogP contribution in [0, 0.1) is 6.92 Å². The summed E-state index contributed by atoms with van der Waals surface area (Å²) in [5, 5.41) is 5.52. The molecule has 0 radical (unpaired) electrons. The number of pyridine rings is 1. The summed E-state index contributed by atoms with van der Waals surface area (Å²) in [6.07, 6.45) is 0.681. The molecule has 2 aromatic heterocycles. The van der Waals surface area contributed by atoms with Crippen molar-refractivity contribution in [3.8, 4) is 0 Å². The van der Waals surface area contributed by atoms with Crippen LogP contribution in [0.3, 0.4) is 0 Å². The van der Waals surface area contributed by atoms with Crippen LogP contribution >= 0.6 is 0 Å². The van der Waals surface area contributed by atoms with Gasteiger partial charge >= 0.3 is 6.03 Å². The van der Waals surface area contributed by atoms with Gasteiger partial charge in [0.15, 0.2) is 5.82 Å². The van der Waals surface area contributed by atoms with Crippen LogP contribution in [-0.2, 0) is 22.4 Å². The van der Waals surface area contributed by atoms with E-state index < -0.39 is 0 Å². The number of imidazole rings is 1. The molecule has 0 fully saturated rings. The van der Waals surface area contributed by atoms with Gasteiger partial charge in [0.2, 0.25) is 0 Å². The number of methoxy groups -OCH3 is 1. The van der Waals surface area contributed by atoms with Crippen molar-refractivity contribution in [1.29, 1.82) is 0 Å². The Bertz CT molecular complexity index is 759. The molecule has 0 aromatic carbocycles. The Labute approximate surface area is 159 Å². The summed E-state index contributed by atoms with van der Waals surface area (Å²) >= 11 is 0. The third kappa shape index (κ3) is 6.07. The van der Waals surface area contributed by atoms with Crippen LogP contribution in [-0.4, -0.2) is 60.1 Å². The third-order valence-electron chi connectivity index (χ3n) is 3.91. The molecule has 4 N–H and O–H groups in total. The monoisotopic (exact) mass is 378 g/mol. The number of nitrogens with zero attached hydrogens (tertiary/aromatic N) is 3. The normalized spacial score (nSPS) is 11.3. The Kier molecular flexibility index (Phi) is 7.81. The van der Waals surface area contributed by atoms with Gasteiger partial charge in [-0.2, -0.15) is 0 Å². The molecule has 0 aliphatic heterocycles. The van der Waals surface area contributed by atoms with Crippen LogP contribution in [0.15, 0.2) is 6.07 Å². The highest BCUT2D eigenvalue weighted by Gasteiger charge is 2.14. The summed E-state index contributed by atoms with van der Waals surface area (Å²) < 4.78 is 12.9. The number of hydrogen-bond donors (Lipinski definition) is 3. The number of anilines is 1. The standard InChI is InChI=1S/C18H30N6O3/c1-12(2)21-18(25)20-6-9-27-10-7-24-14-11-13(3)22-17(19)16(14)23-15(24)5-8-26-4/h11-12H,5-10H2,1-4H3,(H2,19,22)(H2,20,21,25). The minimum absolute atomic E-state index is 0.108. The van der Waals surface area contributed by atoms with E-state index in [2.05, 4.69) is 25.2 Å². The highest BCUT2D eigenvalue weighted by molar-refractivity contribution is 5.85. The van der Waals surface area contributed by atoms with Gasteiger partial charge < -0.3 is 30.4 Å². The first-order valence-electron chi connectivity index (χ1n) is 9.15. The van der Waals surface area contributed by atoms with E-state index in [0.29, 0.717) is 50.7 Å². The molecule has 27 heavy (non-hydrogen) atoms. The topological polar surface area (TPSA) is 116 Å². The second-order valence-electron chi connectivity index (χ2n) is 6.61. The van der Waals surface area contributed by atoms with Gasteiger partial charge in [-0.15, -0.1) is 0 Å². The fraction of sp³-hybridized carbons (Fsp3) is 0.611. The molecule has 0 atom stereocenters. The lowest BCUT2D eigenvalue weighted by atomic mass is 10.3. The zero-order valence-corrected chi connectivity index (χ0v) is 16.5. The number of aromatic nitrogens is 3. The smallest absolute Gasteiger partial charge is 0.315 e. The molecule has 2 rings (SSSR count). The van der Waals surface area contributed by atoms with E-state index in [0.717, 1.165) is 17.0 Å². The number of carbonyl (C=O) groups is 1. The Balaban J connectivity index is 1.93. The van der Waals surface area contributed by atoms with Crippen molar-refractivity contribution < 1.29 is 14.3 Å². The maximum atomic E-state index is 11.5. The van der Waals surface area contributed by atoms with Crippen LogP contribution in [0.1, 0.15) is 25.4 Å². The molecule has 9 nitrogen and oxygen atoms in total. The summed E-state index contributed by atoms with van der Waals surface area (Å²) in [7, 11) is 1.67. The Hall–Kier alpha value is -2.39. The molecule has 0 spiro atoms. The van der Waals surface area contributed by atoms with Gasteiger partial charge in [-0.25, -0.2) is 14.8 Å². The second kappa shape index (κ2) is 10.1. The van der Waals surface area contributed by atoms with Crippen molar-refractivity contribution in [3.63, 3.8) is 0 Å². The number of amides is 2. The molecule has 2 heterocycles. The number of hydrogen-bond acceptors (Lipinski definition) is 6. The van der Waals surface area contributed by atoms with E-state index >= 15 is 0 Å². The highest BCUT2D eigenvalue weighted by atomic mass is 16.5. The maximum Gasteiger partial charge on any atom is 0.315 e. The SMILES string of the molecule is COCCc1nc2c(N)nc(C)cc2n1CCOCCNC(=O)NC(C)C. The summed E-state index contributed by atoms with van der Waals surface area (Å²) in [5.41, 5.74) is 8.53. The first-order valence-corrected chi connectivity index (χ1v) is 9.15. The fourth-order valence-electron chi connectivity index (χ4n) is 2.76.